The third-order valence-corrected chi connectivity index (χ3v) is 4.44. The van der Waals surface area contributed by atoms with E-state index in [1.165, 1.54) is 7.11 Å². The van der Waals surface area contributed by atoms with Gasteiger partial charge in [-0.3, -0.25) is 9.00 Å². The molecule has 0 saturated heterocycles. The molecule has 6 heteroatoms. The molecule has 0 heterocycles. The molecule has 5 nitrogen and oxygen atoms in total. The largest absolute Gasteiger partial charge is 0.480 e. The number of ether oxygens (including phenoxy) is 1. The van der Waals surface area contributed by atoms with Crippen molar-refractivity contribution in [2.24, 2.45) is 0 Å². The highest BCUT2D eigenvalue weighted by Crippen LogP contribution is 2.12. The molecule has 0 aliphatic rings. The zero-order chi connectivity index (χ0) is 14.4. The van der Waals surface area contributed by atoms with Gasteiger partial charge < -0.3 is 9.84 Å². The second-order valence-electron chi connectivity index (χ2n) is 3.95. The molecule has 0 saturated carbocycles. The summed E-state index contributed by atoms with van der Waals surface area (Å²) >= 11 is 0. The SMILES string of the molecule is CCC(C(=O)O)S(=O)Cc1ccc(C(=O)OC)cc1. The van der Waals surface area contributed by atoms with E-state index in [9.17, 15) is 13.8 Å². The molecule has 0 radical (unpaired) electrons. The summed E-state index contributed by atoms with van der Waals surface area (Å²) in [6.07, 6.45) is 0.322. The van der Waals surface area contributed by atoms with Gasteiger partial charge in [-0.1, -0.05) is 19.1 Å². The maximum atomic E-state index is 11.9. The van der Waals surface area contributed by atoms with Crippen molar-refractivity contribution in [1.82, 2.24) is 0 Å². The number of carboxylic acid groups (broad SMARTS) is 1. The Balaban J connectivity index is 2.75. The summed E-state index contributed by atoms with van der Waals surface area (Å²) < 4.78 is 16.5. The molecule has 104 valence electrons. The fraction of sp³-hybridized carbons (Fsp3) is 0.385. The van der Waals surface area contributed by atoms with E-state index in [1.54, 1.807) is 31.2 Å². The van der Waals surface area contributed by atoms with Gasteiger partial charge in [-0.05, 0) is 24.1 Å². The molecule has 0 amide bonds. The van der Waals surface area contributed by atoms with E-state index in [1.807, 2.05) is 0 Å². The second-order valence-corrected chi connectivity index (χ2v) is 5.57. The van der Waals surface area contributed by atoms with Crippen LogP contribution in [0.4, 0.5) is 0 Å². The van der Waals surface area contributed by atoms with Crippen molar-refractivity contribution < 1.29 is 23.6 Å². The molecule has 1 aromatic carbocycles. The number of carboxylic acids is 1. The highest BCUT2D eigenvalue weighted by atomic mass is 32.2. The summed E-state index contributed by atoms with van der Waals surface area (Å²) in [5.41, 5.74) is 1.13. The summed E-state index contributed by atoms with van der Waals surface area (Å²) in [6, 6.07) is 6.44. The lowest BCUT2D eigenvalue weighted by Gasteiger charge is -2.09. The molecule has 0 fully saturated rings. The van der Waals surface area contributed by atoms with Crippen LogP contribution in [-0.4, -0.2) is 33.6 Å². The van der Waals surface area contributed by atoms with Crippen LogP contribution in [0.5, 0.6) is 0 Å². The molecular weight excluding hydrogens is 268 g/mol. The predicted molar refractivity (Wildman–Crippen MR) is 71.3 cm³/mol. The number of benzene rings is 1. The van der Waals surface area contributed by atoms with Gasteiger partial charge in [-0.15, -0.1) is 0 Å². The Morgan fingerprint density at radius 3 is 2.32 bits per heavy atom. The standard InChI is InChI=1S/C13H16O5S/c1-3-11(12(14)15)19(17)8-9-4-6-10(7-5-9)13(16)18-2/h4-7,11H,3,8H2,1-2H3,(H,14,15). The predicted octanol–water partition coefficient (Wildman–Crippen LogP) is 1.59. The quantitative estimate of drug-likeness (QED) is 0.802. The minimum Gasteiger partial charge on any atom is -0.480 e. The first kappa shape index (κ1) is 15.4. The molecule has 0 aliphatic carbocycles. The fourth-order valence-corrected chi connectivity index (χ4v) is 2.91. The van der Waals surface area contributed by atoms with Gasteiger partial charge in [-0.2, -0.15) is 0 Å². The van der Waals surface area contributed by atoms with Crippen LogP contribution >= 0.6 is 0 Å². The van der Waals surface area contributed by atoms with E-state index in [-0.39, 0.29) is 5.75 Å². The average Bonchev–Trinajstić information content (AvgIpc) is 2.39. The Hall–Kier alpha value is -1.69. The van der Waals surface area contributed by atoms with Crippen molar-refractivity contribution in [1.29, 1.82) is 0 Å². The van der Waals surface area contributed by atoms with Gasteiger partial charge in [0.05, 0.1) is 12.7 Å². The minimum absolute atomic E-state index is 0.159. The van der Waals surface area contributed by atoms with E-state index in [4.69, 9.17) is 5.11 Å². The van der Waals surface area contributed by atoms with Crippen LogP contribution < -0.4 is 0 Å². The lowest BCUT2D eigenvalue weighted by molar-refractivity contribution is -0.136. The Morgan fingerprint density at radius 2 is 1.89 bits per heavy atom. The first-order chi connectivity index (χ1) is 8.99. The van der Waals surface area contributed by atoms with Gasteiger partial charge >= 0.3 is 11.9 Å². The number of hydrogen-bond donors (Lipinski definition) is 1. The first-order valence-corrected chi connectivity index (χ1v) is 7.15. The van der Waals surface area contributed by atoms with Crippen LogP contribution in [0.15, 0.2) is 24.3 Å². The summed E-state index contributed by atoms with van der Waals surface area (Å²) in [6.45, 7) is 1.69. The molecule has 1 rings (SSSR count). The molecule has 0 aromatic heterocycles. The van der Waals surface area contributed by atoms with Gasteiger partial charge in [0.2, 0.25) is 0 Å². The Kier molecular flexibility index (Phi) is 5.69. The van der Waals surface area contributed by atoms with Crippen molar-refractivity contribution in [2.75, 3.05) is 7.11 Å². The maximum absolute atomic E-state index is 11.9. The molecular formula is C13H16O5S. The zero-order valence-electron chi connectivity index (χ0n) is 10.8. The van der Waals surface area contributed by atoms with Crippen LogP contribution in [0.2, 0.25) is 0 Å². The van der Waals surface area contributed by atoms with E-state index >= 15 is 0 Å². The van der Waals surface area contributed by atoms with Crippen LogP contribution in [-0.2, 0) is 26.1 Å². The molecule has 0 spiro atoms. The number of aliphatic carboxylic acids is 1. The Labute approximate surface area is 114 Å². The van der Waals surface area contributed by atoms with Gasteiger partial charge in [-0.25, -0.2) is 4.79 Å². The van der Waals surface area contributed by atoms with E-state index < -0.39 is 28.0 Å². The average molecular weight is 284 g/mol. The van der Waals surface area contributed by atoms with Crippen LogP contribution in [0.25, 0.3) is 0 Å². The monoisotopic (exact) mass is 284 g/mol. The maximum Gasteiger partial charge on any atom is 0.337 e. The number of esters is 1. The summed E-state index contributed by atoms with van der Waals surface area (Å²) in [5, 5.41) is 8.06. The number of rotatable bonds is 6. The van der Waals surface area contributed by atoms with E-state index in [0.717, 1.165) is 5.56 Å². The van der Waals surface area contributed by atoms with Crippen molar-refractivity contribution >= 4 is 22.7 Å². The van der Waals surface area contributed by atoms with Crippen LogP contribution in [0.1, 0.15) is 29.3 Å². The highest BCUT2D eigenvalue weighted by Gasteiger charge is 2.22. The van der Waals surface area contributed by atoms with E-state index in [0.29, 0.717) is 12.0 Å². The van der Waals surface area contributed by atoms with Crippen molar-refractivity contribution in [3.63, 3.8) is 0 Å². The second kappa shape index (κ2) is 7.04. The van der Waals surface area contributed by atoms with Crippen molar-refractivity contribution in [3.05, 3.63) is 35.4 Å². The van der Waals surface area contributed by atoms with Crippen molar-refractivity contribution in [3.8, 4) is 0 Å². The summed E-state index contributed by atoms with van der Waals surface area (Å²) in [5.74, 6) is -1.33. The summed E-state index contributed by atoms with van der Waals surface area (Å²) in [4.78, 5) is 22.1. The molecule has 2 unspecified atom stereocenters. The fourth-order valence-electron chi connectivity index (χ4n) is 1.59. The Bertz CT molecular complexity index is 480. The molecule has 1 aromatic rings. The number of carbonyl (C=O) groups is 2. The number of carbonyl (C=O) groups excluding carboxylic acids is 1. The minimum atomic E-state index is -1.47. The first-order valence-electron chi connectivity index (χ1n) is 5.76. The van der Waals surface area contributed by atoms with Gasteiger partial charge in [0.15, 0.2) is 0 Å². The number of methoxy groups -OCH3 is 1. The molecule has 1 N–H and O–H groups in total. The van der Waals surface area contributed by atoms with Crippen LogP contribution in [0, 0.1) is 0 Å². The topological polar surface area (TPSA) is 80.7 Å². The zero-order valence-corrected chi connectivity index (χ0v) is 11.6. The number of hydrogen-bond acceptors (Lipinski definition) is 4. The third kappa shape index (κ3) is 4.17. The highest BCUT2D eigenvalue weighted by molar-refractivity contribution is 7.85. The summed E-state index contributed by atoms with van der Waals surface area (Å²) in [7, 11) is -0.178. The van der Waals surface area contributed by atoms with Gasteiger partial charge in [0.1, 0.15) is 5.25 Å². The van der Waals surface area contributed by atoms with E-state index in [2.05, 4.69) is 4.74 Å². The normalized spacial score (nSPS) is 13.6. The molecule has 0 bridgehead atoms. The van der Waals surface area contributed by atoms with Gasteiger partial charge in [0.25, 0.3) is 0 Å². The lowest BCUT2D eigenvalue weighted by Crippen LogP contribution is -2.25. The Morgan fingerprint density at radius 1 is 1.32 bits per heavy atom. The third-order valence-electron chi connectivity index (χ3n) is 2.65. The molecule has 0 aliphatic heterocycles. The van der Waals surface area contributed by atoms with Crippen LogP contribution in [0.3, 0.4) is 0 Å². The molecule has 19 heavy (non-hydrogen) atoms. The van der Waals surface area contributed by atoms with Gasteiger partial charge in [0, 0.05) is 16.6 Å². The lowest BCUT2D eigenvalue weighted by atomic mass is 10.1. The van der Waals surface area contributed by atoms with Crippen molar-refractivity contribution in [2.45, 2.75) is 24.3 Å². The smallest absolute Gasteiger partial charge is 0.337 e. The molecule has 2 atom stereocenters.